The molecule has 0 N–H and O–H groups in total. The summed E-state index contributed by atoms with van der Waals surface area (Å²) in [6.07, 6.45) is 5.00. The number of pyridine rings is 2. The van der Waals surface area contributed by atoms with E-state index in [0.29, 0.717) is 5.56 Å². The van der Waals surface area contributed by atoms with Crippen LogP contribution in [0.2, 0.25) is 0 Å². The lowest BCUT2D eigenvalue weighted by Crippen LogP contribution is -2.31. The van der Waals surface area contributed by atoms with Crippen molar-refractivity contribution < 1.29 is 9.18 Å². The Morgan fingerprint density at radius 2 is 1.84 bits per heavy atom. The zero-order chi connectivity index (χ0) is 21.6. The number of benzene rings is 1. The van der Waals surface area contributed by atoms with E-state index in [0.717, 1.165) is 50.9 Å². The molecule has 4 nitrogen and oxygen atoms in total. The predicted molar refractivity (Wildman–Crippen MR) is 120 cm³/mol. The Balaban J connectivity index is 1.49. The molecule has 0 radical (unpaired) electrons. The highest BCUT2D eigenvalue weighted by Gasteiger charge is 2.35. The van der Waals surface area contributed by atoms with E-state index in [1.807, 2.05) is 50.2 Å². The number of fused-ring (bicyclic) bond motifs is 1. The van der Waals surface area contributed by atoms with Gasteiger partial charge in [0.05, 0.1) is 22.0 Å². The molecule has 0 fully saturated rings. The van der Waals surface area contributed by atoms with Gasteiger partial charge in [0.2, 0.25) is 0 Å². The summed E-state index contributed by atoms with van der Waals surface area (Å²) < 4.78 is 14.3. The Morgan fingerprint density at radius 3 is 2.65 bits per heavy atom. The van der Waals surface area contributed by atoms with Gasteiger partial charge < -0.3 is 0 Å². The van der Waals surface area contributed by atoms with Gasteiger partial charge in [-0.25, -0.2) is 14.4 Å². The summed E-state index contributed by atoms with van der Waals surface area (Å²) >= 11 is 1.46. The molecule has 0 atom stereocenters. The van der Waals surface area contributed by atoms with Crippen LogP contribution in [0.1, 0.15) is 36.3 Å². The minimum absolute atomic E-state index is 0.148. The lowest BCUT2D eigenvalue weighted by molar-refractivity contribution is 0.0809. The monoisotopic (exact) mass is 429 g/mol. The summed E-state index contributed by atoms with van der Waals surface area (Å²) in [5.74, 6) is -0.171. The number of ketones is 1. The van der Waals surface area contributed by atoms with Crippen molar-refractivity contribution in [1.29, 1.82) is 0 Å². The molecule has 3 aromatic heterocycles. The molecule has 1 aliphatic carbocycles. The van der Waals surface area contributed by atoms with Gasteiger partial charge in [0.25, 0.3) is 0 Å². The summed E-state index contributed by atoms with van der Waals surface area (Å²) in [5.41, 5.74) is 4.13. The predicted octanol–water partition coefficient (Wildman–Crippen LogP) is 6.23. The molecular formula is C25H20FN3OS. The number of carbonyl (C=O) groups is 1. The standard InChI is InChI=1S/C25H20FN3OS/c1-25(2)9-8-20-18(23(25)30)6-7-21(29-20)24-28-14-22(31-24)16-11-15(12-17(26)13-16)19-5-3-4-10-27-19/h3-7,10-14H,8-9H2,1-2H3. The second-order valence-corrected chi connectivity index (χ2v) is 9.41. The van der Waals surface area contributed by atoms with Crippen molar-refractivity contribution in [2.45, 2.75) is 26.7 Å². The van der Waals surface area contributed by atoms with E-state index in [-0.39, 0.29) is 17.0 Å². The number of thiazole rings is 1. The third-order valence-corrected chi connectivity index (χ3v) is 6.76. The third-order valence-electron chi connectivity index (χ3n) is 5.69. The maximum absolute atomic E-state index is 14.3. The minimum Gasteiger partial charge on any atom is -0.294 e. The minimum atomic E-state index is -0.340. The van der Waals surface area contributed by atoms with E-state index in [9.17, 15) is 9.18 Å². The first-order chi connectivity index (χ1) is 14.9. The number of aryl methyl sites for hydroxylation is 1. The van der Waals surface area contributed by atoms with E-state index in [4.69, 9.17) is 4.98 Å². The van der Waals surface area contributed by atoms with Gasteiger partial charge in [-0.2, -0.15) is 0 Å². The molecule has 154 valence electrons. The van der Waals surface area contributed by atoms with Crippen LogP contribution in [-0.2, 0) is 6.42 Å². The first-order valence-corrected chi connectivity index (χ1v) is 11.0. The Hall–Kier alpha value is -3.25. The summed E-state index contributed by atoms with van der Waals surface area (Å²) in [5, 5.41) is 0.749. The molecule has 0 saturated heterocycles. The maximum Gasteiger partial charge on any atom is 0.170 e. The molecule has 6 heteroatoms. The number of rotatable bonds is 3. The average molecular weight is 430 g/mol. The van der Waals surface area contributed by atoms with Crippen molar-refractivity contribution in [3.63, 3.8) is 0 Å². The zero-order valence-corrected chi connectivity index (χ0v) is 18.0. The molecule has 0 spiro atoms. The van der Waals surface area contributed by atoms with Crippen molar-refractivity contribution in [3.05, 3.63) is 78.0 Å². The van der Waals surface area contributed by atoms with Gasteiger partial charge in [0.15, 0.2) is 5.78 Å². The second kappa shape index (κ2) is 7.46. The number of aromatic nitrogens is 3. The molecule has 3 heterocycles. The first-order valence-electron chi connectivity index (χ1n) is 10.1. The maximum atomic E-state index is 14.3. The van der Waals surface area contributed by atoms with Gasteiger partial charge in [-0.05, 0) is 60.9 Å². The second-order valence-electron chi connectivity index (χ2n) is 8.38. The van der Waals surface area contributed by atoms with Gasteiger partial charge in [-0.3, -0.25) is 9.78 Å². The first kappa shape index (κ1) is 19.7. The lowest BCUT2D eigenvalue weighted by Gasteiger charge is -2.28. The number of nitrogens with zero attached hydrogens (tertiary/aromatic N) is 3. The van der Waals surface area contributed by atoms with Crippen LogP contribution in [0, 0.1) is 11.2 Å². The SMILES string of the molecule is CC1(C)CCc2nc(-c3ncc(-c4cc(F)cc(-c5ccccn5)c4)s3)ccc2C1=O. The van der Waals surface area contributed by atoms with E-state index in [1.54, 1.807) is 12.4 Å². The van der Waals surface area contributed by atoms with Gasteiger partial charge in [-0.1, -0.05) is 19.9 Å². The highest BCUT2D eigenvalue weighted by atomic mass is 32.1. The fraction of sp³-hybridized carbons (Fsp3) is 0.200. The van der Waals surface area contributed by atoms with Crippen molar-refractivity contribution in [2.75, 3.05) is 0 Å². The topological polar surface area (TPSA) is 55.7 Å². The molecule has 0 bridgehead atoms. The van der Waals surface area contributed by atoms with Gasteiger partial charge >= 0.3 is 0 Å². The summed E-state index contributed by atoms with van der Waals surface area (Å²) in [6, 6.07) is 14.2. The molecule has 31 heavy (non-hydrogen) atoms. The van der Waals surface area contributed by atoms with Gasteiger partial charge in [0.1, 0.15) is 10.8 Å². The lowest BCUT2D eigenvalue weighted by atomic mass is 9.75. The quantitative estimate of drug-likeness (QED) is 0.387. The molecular weight excluding hydrogens is 409 g/mol. The Labute approximate surface area is 183 Å². The number of hydrogen-bond acceptors (Lipinski definition) is 5. The Morgan fingerprint density at radius 1 is 1.00 bits per heavy atom. The van der Waals surface area contributed by atoms with Crippen LogP contribution in [0.3, 0.4) is 0 Å². The molecule has 1 aliphatic rings. The number of hydrogen-bond donors (Lipinski definition) is 0. The third kappa shape index (κ3) is 3.68. The fourth-order valence-corrected chi connectivity index (χ4v) is 4.74. The summed E-state index contributed by atoms with van der Waals surface area (Å²) in [6.45, 7) is 3.97. The van der Waals surface area contributed by atoms with Crippen LogP contribution >= 0.6 is 11.3 Å². The average Bonchev–Trinajstić information content (AvgIpc) is 3.27. The van der Waals surface area contributed by atoms with E-state index in [1.165, 1.54) is 23.5 Å². The number of halogens is 1. The molecule has 0 amide bonds. The Bertz CT molecular complexity index is 1300. The van der Waals surface area contributed by atoms with Crippen molar-refractivity contribution in [1.82, 2.24) is 15.0 Å². The van der Waals surface area contributed by atoms with Crippen LogP contribution in [0.4, 0.5) is 4.39 Å². The highest BCUT2D eigenvalue weighted by molar-refractivity contribution is 7.18. The molecule has 4 aromatic rings. The van der Waals surface area contributed by atoms with Crippen LogP contribution in [0.25, 0.3) is 32.4 Å². The molecule has 1 aromatic carbocycles. The highest BCUT2D eigenvalue weighted by Crippen LogP contribution is 2.37. The number of Topliss-reactive ketones (excluding diaryl/α,β-unsaturated/α-hetero) is 1. The van der Waals surface area contributed by atoms with E-state index >= 15 is 0 Å². The molecule has 0 aliphatic heterocycles. The van der Waals surface area contributed by atoms with Crippen molar-refractivity contribution >= 4 is 17.1 Å². The summed E-state index contributed by atoms with van der Waals surface area (Å²) in [4.78, 5) is 27.1. The van der Waals surface area contributed by atoms with Crippen LogP contribution in [-0.4, -0.2) is 20.7 Å². The van der Waals surface area contributed by atoms with Crippen LogP contribution in [0.5, 0.6) is 0 Å². The molecule has 0 saturated carbocycles. The number of carbonyl (C=O) groups excluding carboxylic acids is 1. The zero-order valence-electron chi connectivity index (χ0n) is 17.2. The van der Waals surface area contributed by atoms with Crippen LogP contribution in [0.15, 0.2) is 60.9 Å². The van der Waals surface area contributed by atoms with Crippen molar-refractivity contribution in [2.24, 2.45) is 5.41 Å². The molecule has 5 rings (SSSR count). The fourth-order valence-electron chi connectivity index (χ4n) is 3.87. The Kier molecular flexibility index (Phi) is 4.74. The molecule has 0 unspecified atom stereocenters. The smallest absolute Gasteiger partial charge is 0.170 e. The normalized spacial score (nSPS) is 15.0. The largest absolute Gasteiger partial charge is 0.294 e. The van der Waals surface area contributed by atoms with E-state index in [2.05, 4.69) is 9.97 Å². The van der Waals surface area contributed by atoms with Gasteiger partial charge in [0, 0.05) is 28.9 Å². The van der Waals surface area contributed by atoms with Crippen molar-refractivity contribution in [3.8, 4) is 32.4 Å². The van der Waals surface area contributed by atoms with E-state index < -0.39 is 0 Å². The van der Waals surface area contributed by atoms with Crippen LogP contribution < -0.4 is 0 Å². The van der Waals surface area contributed by atoms with Gasteiger partial charge in [-0.15, -0.1) is 11.3 Å². The summed E-state index contributed by atoms with van der Waals surface area (Å²) in [7, 11) is 0.